The lowest BCUT2D eigenvalue weighted by Gasteiger charge is -2.21. The van der Waals surface area contributed by atoms with Crippen LogP contribution in [-0.4, -0.2) is 0 Å². The summed E-state index contributed by atoms with van der Waals surface area (Å²) in [5.41, 5.74) is 14.5. The second kappa shape index (κ2) is 10.8. The minimum absolute atomic E-state index is 0.133. The SMILES string of the molecule is CC1(C)c2ccc(-c3cccc(-c4c5ccccc5c(-c5ccccc5)c5ccccc45)c3)cc2-c2cc3oc4ccc5ccccc5c4c3cc21. The van der Waals surface area contributed by atoms with Gasteiger partial charge >= 0.3 is 0 Å². The van der Waals surface area contributed by atoms with Gasteiger partial charge in [0.05, 0.1) is 0 Å². The summed E-state index contributed by atoms with van der Waals surface area (Å²) < 4.78 is 6.56. The van der Waals surface area contributed by atoms with Crippen LogP contribution in [0.5, 0.6) is 0 Å². The zero-order valence-electron chi connectivity index (χ0n) is 29.1. The van der Waals surface area contributed by atoms with Gasteiger partial charge in [-0.25, -0.2) is 0 Å². The molecule has 1 aromatic heterocycles. The van der Waals surface area contributed by atoms with Crippen LogP contribution in [0.2, 0.25) is 0 Å². The van der Waals surface area contributed by atoms with Gasteiger partial charge in [0, 0.05) is 16.2 Å². The fourth-order valence-corrected chi connectivity index (χ4v) is 9.18. The molecule has 1 heteroatoms. The number of hydrogen-bond acceptors (Lipinski definition) is 1. The predicted molar refractivity (Wildman–Crippen MR) is 220 cm³/mol. The van der Waals surface area contributed by atoms with Crippen LogP contribution in [-0.2, 0) is 5.41 Å². The van der Waals surface area contributed by atoms with Gasteiger partial charge < -0.3 is 4.42 Å². The first kappa shape index (κ1) is 29.3. The number of fused-ring (bicyclic) bond motifs is 10. The van der Waals surface area contributed by atoms with Crippen molar-refractivity contribution in [2.45, 2.75) is 19.3 Å². The maximum absolute atomic E-state index is 6.56. The van der Waals surface area contributed by atoms with E-state index >= 15 is 0 Å². The van der Waals surface area contributed by atoms with E-state index in [4.69, 9.17) is 4.42 Å². The highest BCUT2D eigenvalue weighted by Crippen LogP contribution is 2.52. The Kier molecular flexibility index (Phi) is 6.08. The molecular formula is C51H34O. The molecule has 0 amide bonds. The molecule has 0 radical (unpaired) electrons. The smallest absolute Gasteiger partial charge is 0.136 e. The quantitative estimate of drug-likeness (QED) is 0.172. The molecule has 0 atom stereocenters. The topological polar surface area (TPSA) is 13.1 Å². The van der Waals surface area contributed by atoms with Crippen molar-refractivity contribution in [2.24, 2.45) is 0 Å². The molecule has 0 aliphatic heterocycles. The van der Waals surface area contributed by atoms with Crippen molar-refractivity contribution in [3.63, 3.8) is 0 Å². The molecule has 0 N–H and O–H groups in total. The first-order valence-corrected chi connectivity index (χ1v) is 18.2. The van der Waals surface area contributed by atoms with Gasteiger partial charge in [0.25, 0.3) is 0 Å². The van der Waals surface area contributed by atoms with Crippen molar-refractivity contribution in [1.82, 2.24) is 0 Å². The molecule has 0 fully saturated rings. The third kappa shape index (κ3) is 4.11. The van der Waals surface area contributed by atoms with E-state index in [1.54, 1.807) is 0 Å². The minimum atomic E-state index is -0.133. The Hall–Kier alpha value is -6.44. The van der Waals surface area contributed by atoms with Crippen molar-refractivity contribution >= 4 is 54.3 Å². The number of furan rings is 1. The normalized spacial score (nSPS) is 13.3. The first-order valence-electron chi connectivity index (χ1n) is 18.2. The molecule has 10 aromatic rings. The monoisotopic (exact) mass is 662 g/mol. The third-order valence-electron chi connectivity index (χ3n) is 11.6. The lowest BCUT2D eigenvalue weighted by Crippen LogP contribution is -2.14. The summed E-state index contributed by atoms with van der Waals surface area (Å²) in [6.07, 6.45) is 0. The third-order valence-corrected chi connectivity index (χ3v) is 11.6. The van der Waals surface area contributed by atoms with E-state index in [0.29, 0.717) is 0 Å². The van der Waals surface area contributed by atoms with Crippen LogP contribution in [0.3, 0.4) is 0 Å². The average molecular weight is 663 g/mol. The Morgan fingerprint density at radius 1 is 0.365 bits per heavy atom. The Bertz CT molecular complexity index is 3030. The van der Waals surface area contributed by atoms with Crippen LogP contribution in [0.1, 0.15) is 25.0 Å². The molecule has 0 spiro atoms. The van der Waals surface area contributed by atoms with Crippen LogP contribution in [0, 0.1) is 0 Å². The zero-order valence-corrected chi connectivity index (χ0v) is 29.1. The summed E-state index contributed by atoms with van der Waals surface area (Å²) in [6.45, 7) is 4.72. The molecule has 0 saturated heterocycles. The maximum Gasteiger partial charge on any atom is 0.136 e. The lowest BCUT2D eigenvalue weighted by molar-refractivity contribution is 0.658. The summed E-state index contributed by atoms with van der Waals surface area (Å²) in [7, 11) is 0. The summed E-state index contributed by atoms with van der Waals surface area (Å²) in [5, 5.41) is 9.95. The molecule has 52 heavy (non-hydrogen) atoms. The van der Waals surface area contributed by atoms with Gasteiger partial charge in [0.2, 0.25) is 0 Å². The van der Waals surface area contributed by atoms with Gasteiger partial charge in [0.1, 0.15) is 11.2 Å². The molecule has 1 aliphatic carbocycles. The summed E-state index contributed by atoms with van der Waals surface area (Å²) in [6, 6.07) is 62.4. The van der Waals surface area contributed by atoms with Gasteiger partial charge in [-0.1, -0.05) is 153 Å². The molecule has 0 saturated carbocycles. The molecule has 11 rings (SSSR count). The van der Waals surface area contributed by atoms with Crippen molar-refractivity contribution in [3.05, 3.63) is 181 Å². The van der Waals surface area contributed by atoms with Crippen LogP contribution >= 0.6 is 0 Å². The van der Waals surface area contributed by atoms with Crippen molar-refractivity contribution in [3.8, 4) is 44.5 Å². The van der Waals surface area contributed by atoms with E-state index in [9.17, 15) is 0 Å². The zero-order chi connectivity index (χ0) is 34.6. The Labute approximate surface area is 302 Å². The van der Waals surface area contributed by atoms with Gasteiger partial charge in [-0.05, 0) is 118 Å². The fraction of sp³-hybridized carbons (Fsp3) is 0.0588. The fourth-order valence-electron chi connectivity index (χ4n) is 9.18. The van der Waals surface area contributed by atoms with Gasteiger partial charge in [0.15, 0.2) is 0 Å². The molecule has 1 nitrogen and oxygen atoms in total. The standard InChI is InChI=1S/C51H34O/c1-51(2)44-25-23-34(28-41(44)42-30-47-43(29-45(42)51)50-36-18-7-6-13-31(36)24-26-46(50)52-47)33-16-12-17-35(27-33)49-39-21-10-8-19-37(39)48(32-14-4-3-5-15-32)38-20-9-11-22-40(38)49/h3-30H,1-2H3. The van der Waals surface area contributed by atoms with Crippen LogP contribution in [0.25, 0.3) is 98.8 Å². The highest BCUT2D eigenvalue weighted by molar-refractivity contribution is 6.22. The molecule has 0 unspecified atom stereocenters. The molecule has 0 bridgehead atoms. The number of rotatable bonds is 3. The second-order valence-electron chi connectivity index (χ2n) is 14.8. The Balaban J connectivity index is 1.09. The Morgan fingerprint density at radius 3 is 1.67 bits per heavy atom. The number of hydrogen-bond donors (Lipinski definition) is 0. The van der Waals surface area contributed by atoms with E-state index in [-0.39, 0.29) is 5.41 Å². The van der Waals surface area contributed by atoms with Crippen LogP contribution in [0.4, 0.5) is 0 Å². The largest absolute Gasteiger partial charge is 0.456 e. The van der Waals surface area contributed by atoms with Crippen molar-refractivity contribution in [2.75, 3.05) is 0 Å². The molecule has 244 valence electrons. The van der Waals surface area contributed by atoms with Crippen molar-refractivity contribution in [1.29, 1.82) is 0 Å². The van der Waals surface area contributed by atoms with Gasteiger partial charge in [-0.2, -0.15) is 0 Å². The minimum Gasteiger partial charge on any atom is -0.456 e. The van der Waals surface area contributed by atoms with E-state index in [1.165, 1.54) is 98.7 Å². The second-order valence-corrected chi connectivity index (χ2v) is 14.8. The predicted octanol–water partition coefficient (Wildman–Crippen LogP) is 14.4. The Morgan fingerprint density at radius 2 is 0.942 bits per heavy atom. The van der Waals surface area contributed by atoms with Crippen LogP contribution in [0.15, 0.2) is 174 Å². The average Bonchev–Trinajstić information content (AvgIpc) is 3.67. The molecular weight excluding hydrogens is 629 g/mol. The lowest BCUT2D eigenvalue weighted by atomic mass is 9.81. The van der Waals surface area contributed by atoms with E-state index in [0.717, 1.165) is 11.2 Å². The highest BCUT2D eigenvalue weighted by Gasteiger charge is 2.36. The molecule has 9 aromatic carbocycles. The van der Waals surface area contributed by atoms with E-state index in [1.807, 2.05) is 0 Å². The summed E-state index contributed by atoms with van der Waals surface area (Å²) in [4.78, 5) is 0. The van der Waals surface area contributed by atoms with Crippen LogP contribution < -0.4 is 0 Å². The highest BCUT2D eigenvalue weighted by atomic mass is 16.3. The van der Waals surface area contributed by atoms with E-state index in [2.05, 4.69) is 184 Å². The molecule has 1 aliphatic rings. The summed E-state index contributed by atoms with van der Waals surface area (Å²) in [5.74, 6) is 0. The number of benzene rings is 9. The van der Waals surface area contributed by atoms with Crippen molar-refractivity contribution < 1.29 is 4.42 Å². The van der Waals surface area contributed by atoms with E-state index < -0.39 is 0 Å². The molecule has 1 heterocycles. The van der Waals surface area contributed by atoms with Gasteiger partial charge in [-0.15, -0.1) is 0 Å². The summed E-state index contributed by atoms with van der Waals surface area (Å²) >= 11 is 0. The maximum atomic E-state index is 6.56. The first-order chi connectivity index (χ1) is 25.5. The van der Waals surface area contributed by atoms with Gasteiger partial charge in [-0.3, -0.25) is 0 Å².